The van der Waals surface area contributed by atoms with Crippen LogP contribution in [-0.2, 0) is 4.79 Å². The molecule has 110 valence electrons. The van der Waals surface area contributed by atoms with Crippen molar-refractivity contribution in [1.82, 2.24) is 5.32 Å². The first-order valence-corrected chi connectivity index (χ1v) is 7.31. The van der Waals surface area contributed by atoms with E-state index >= 15 is 0 Å². The zero-order valence-corrected chi connectivity index (χ0v) is 12.8. The normalized spacial score (nSPS) is 26.4. The van der Waals surface area contributed by atoms with Gasteiger partial charge in [-0.05, 0) is 56.8 Å². The third-order valence-corrected chi connectivity index (χ3v) is 4.52. The number of carbonyl (C=O) groups is 1. The smallest absolute Gasteiger partial charge is 0.234 e. The van der Waals surface area contributed by atoms with Crippen LogP contribution in [0.15, 0.2) is 24.3 Å². The third-order valence-electron chi connectivity index (χ3n) is 4.52. The Labute approximate surface area is 127 Å². The summed E-state index contributed by atoms with van der Waals surface area (Å²) in [5, 5.41) is 3.41. The summed E-state index contributed by atoms with van der Waals surface area (Å²) in [6, 6.07) is 8.29. The predicted octanol–water partition coefficient (Wildman–Crippen LogP) is 2.91. The summed E-state index contributed by atoms with van der Waals surface area (Å²) in [7, 11) is 0. The molecule has 2 fully saturated rings. The van der Waals surface area contributed by atoms with E-state index in [1.165, 1.54) is 5.56 Å². The van der Waals surface area contributed by atoms with Crippen LogP contribution in [0.5, 0.6) is 0 Å². The maximum absolute atomic E-state index is 12.9. The van der Waals surface area contributed by atoms with Crippen molar-refractivity contribution in [1.29, 1.82) is 0 Å². The number of nitrogens with one attached hydrogen (secondary N) is 1. The fourth-order valence-electron chi connectivity index (χ4n) is 3.48. The fourth-order valence-corrected chi connectivity index (χ4v) is 3.48. The molecule has 1 aromatic carbocycles. The summed E-state index contributed by atoms with van der Waals surface area (Å²) >= 11 is 0. The van der Waals surface area contributed by atoms with E-state index in [9.17, 15) is 4.79 Å². The summed E-state index contributed by atoms with van der Waals surface area (Å²) in [6.07, 6.45) is 4.32. The minimum absolute atomic E-state index is 0. The highest BCUT2D eigenvalue weighted by Crippen LogP contribution is 2.38. The van der Waals surface area contributed by atoms with Crippen molar-refractivity contribution in [3.63, 3.8) is 0 Å². The lowest BCUT2D eigenvalue weighted by Gasteiger charge is -2.44. The minimum Gasteiger partial charge on any atom is -0.316 e. The largest absolute Gasteiger partial charge is 0.316 e. The van der Waals surface area contributed by atoms with Gasteiger partial charge in [0.15, 0.2) is 0 Å². The number of halogens is 1. The Morgan fingerprint density at radius 3 is 2.75 bits per heavy atom. The molecule has 0 bridgehead atoms. The molecule has 4 heteroatoms. The molecular formula is C16H23ClN2O. The average molecular weight is 295 g/mol. The molecule has 0 saturated carbocycles. The number of piperidine rings is 2. The number of nitrogens with zero attached hydrogens (tertiary/aromatic N) is 1. The Morgan fingerprint density at radius 1 is 1.25 bits per heavy atom. The molecule has 1 spiro atoms. The molecule has 2 saturated heterocycles. The second-order valence-corrected chi connectivity index (χ2v) is 5.96. The maximum Gasteiger partial charge on any atom is 0.234 e. The lowest BCUT2D eigenvalue weighted by molar-refractivity contribution is -0.131. The van der Waals surface area contributed by atoms with Gasteiger partial charge in [-0.3, -0.25) is 4.79 Å². The fraction of sp³-hybridized carbons (Fsp3) is 0.562. The summed E-state index contributed by atoms with van der Waals surface area (Å²) in [6.45, 7) is 4.85. The van der Waals surface area contributed by atoms with Crippen molar-refractivity contribution >= 4 is 24.0 Å². The van der Waals surface area contributed by atoms with Gasteiger partial charge in [0.25, 0.3) is 0 Å². The van der Waals surface area contributed by atoms with E-state index in [4.69, 9.17) is 0 Å². The molecule has 3 rings (SSSR count). The third kappa shape index (κ3) is 2.70. The van der Waals surface area contributed by atoms with Crippen molar-refractivity contribution in [2.24, 2.45) is 5.41 Å². The van der Waals surface area contributed by atoms with Crippen molar-refractivity contribution < 1.29 is 4.79 Å². The van der Waals surface area contributed by atoms with Gasteiger partial charge in [-0.2, -0.15) is 0 Å². The molecule has 2 aliphatic heterocycles. The number of carbonyl (C=O) groups excluding carboxylic acids is 1. The predicted molar refractivity (Wildman–Crippen MR) is 84.6 cm³/mol. The Morgan fingerprint density at radius 2 is 2.05 bits per heavy atom. The average Bonchev–Trinajstić information content (AvgIpc) is 2.43. The number of amides is 1. The second kappa shape index (κ2) is 6.15. The van der Waals surface area contributed by atoms with Crippen molar-refractivity contribution in [3.8, 4) is 0 Å². The highest BCUT2D eigenvalue weighted by molar-refractivity contribution is 5.98. The minimum atomic E-state index is -0.139. The van der Waals surface area contributed by atoms with E-state index < -0.39 is 0 Å². The Hall–Kier alpha value is -1.06. The van der Waals surface area contributed by atoms with Gasteiger partial charge in [-0.1, -0.05) is 12.1 Å². The molecule has 0 aromatic heterocycles. The monoisotopic (exact) mass is 294 g/mol. The molecule has 0 radical (unpaired) electrons. The first-order valence-electron chi connectivity index (χ1n) is 7.31. The van der Waals surface area contributed by atoms with Crippen LogP contribution in [0.2, 0.25) is 0 Å². The molecule has 3 nitrogen and oxygen atoms in total. The SMILES string of the molecule is Cc1cccc(N2CCCC3(CCCNC3)C2=O)c1.Cl. The van der Waals surface area contributed by atoms with E-state index in [0.29, 0.717) is 5.91 Å². The van der Waals surface area contributed by atoms with Crippen LogP contribution in [-0.4, -0.2) is 25.5 Å². The van der Waals surface area contributed by atoms with Gasteiger partial charge in [0.05, 0.1) is 5.41 Å². The molecular weight excluding hydrogens is 272 g/mol. The van der Waals surface area contributed by atoms with E-state index in [-0.39, 0.29) is 17.8 Å². The Bertz CT molecular complexity index is 478. The molecule has 1 aromatic rings. The van der Waals surface area contributed by atoms with Gasteiger partial charge in [-0.25, -0.2) is 0 Å². The van der Waals surface area contributed by atoms with E-state index in [0.717, 1.165) is 51.0 Å². The van der Waals surface area contributed by atoms with Gasteiger partial charge in [-0.15, -0.1) is 12.4 Å². The molecule has 20 heavy (non-hydrogen) atoms. The lowest BCUT2D eigenvalue weighted by Crippen LogP contribution is -2.55. The van der Waals surface area contributed by atoms with Gasteiger partial charge in [0, 0.05) is 18.8 Å². The van der Waals surface area contributed by atoms with Gasteiger partial charge >= 0.3 is 0 Å². The van der Waals surface area contributed by atoms with Crippen molar-refractivity contribution in [2.45, 2.75) is 32.6 Å². The van der Waals surface area contributed by atoms with Crippen molar-refractivity contribution in [3.05, 3.63) is 29.8 Å². The maximum atomic E-state index is 12.9. The molecule has 1 atom stereocenters. The Balaban J connectivity index is 0.00000147. The highest BCUT2D eigenvalue weighted by atomic mass is 35.5. The first-order chi connectivity index (χ1) is 9.21. The van der Waals surface area contributed by atoms with Crippen LogP contribution >= 0.6 is 12.4 Å². The van der Waals surface area contributed by atoms with Crippen molar-refractivity contribution in [2.75, 3.05) is 24.5 Å². The van der Waals surface area contributed by atoms with Gasteiger partial charge in [0.2, 0.25) is 5.91 Å². The zero-order valence-electron chi connectivity index (χ0n) is 12.0. The molecule has 1 amide bonds. The lowest BCUT2D eigenvalue weighted by atomic mass is 9.73. The summed E-state index contributed by atoms with van der Waals surface area (Å²) in [4.78, 5) is 14.9. The summed E-state index contributed by atoms with van der Waals surface area (Å²) in [5.74, 6) is 0.330. The van der Waals surface area contributed by atoms with Crippen LogP contribution in [0.25, 0.3) is 0 Å². The number of anilines is 1. The second-order valence-electron chi connectivity index (χ2n) is 5.96. The topological polar surface area (TPSA) is 32.3 Å². The Kier molecular flexibility index (Phi) is 4.71. The quantitative estimate of drug-likeness (QED) is 0.864. The van der Waals surface area contributed by atoms with Crippen LogP contribution in [0.4, 0.5) is 5.69 Å². The zero-order chi connectivity index (χ0) is 13.3. The molecule has 2 heterocycles. The van der Waals surface area contributed by atoms with Crippen LogP contribution in [0, 0.1) is 12.3 Å². The number of hydrogen-bond donors (Lipinski definition) is 1. The molecule has 2 aliphatic rings. The number of hydrogen-bond acceptors (Lipinski definition) is 2. The van der Waals surface area contributed by atoms with Gasteiger partial charge in [0.1, 0.15) is 0 Å². The standard InChI is InChI=1S/C16H22N2O.ClH/c1-13-5-2-6-14(11-13)18-10-4-8-16(15(18)19)7-3-9-17-12-16;/h2,5-6,11,17H,3-4,7-10,12H2,1H3;1H. The molecule has 1 unspecified atom stereocenters. The van der Waals surface area contributed by atoms with E-state index in [2.05, 4.69) is 30.4 Å². The van der Waals surface area contributed by atoms with Gasteiger partial charge < -0.3 is 10.2 Å². The first kappa shape index (κ1) is 15.3. The number of benzene rings is 1. The van der Waals surface area contributed by atoms with E-state index in [1.54, 1.807) is 0 Å². The number of aryl methyl sites for hydroxylation is 1. The molecule has 0 aliphatic carbocycles. The van der Waals surface area contributed by atoms with E-state index in [1.807, 2.05) is 11.0 Å². The molecule has 1 N–H and O–H groups in total. The van der Waals surface area contributed by atoms with Crippen LogP contribution in [0.1, 0.15) is 31.2 Å². The van der Waals surface area contributed by atoms with Crippen LogP contribution in [0.3, 0.4) is 0 Å². The number of rotatable bonds is 1. The summed E-state index contributed by atoms with van der Waals surface area (Å²) in [5.41, 5.74) is 2.14. The highest BCUT2D eigenvalue weighted by Gasteiger charge is 2.44. The summed E-state index contributed by atoms with van der Waals surface area (Å²) < 4.78 is 0. The van der Waals surface area contributed by atoms with Crippen LogP contribution < -0.4 is 10.2 Å².